The van der Waals surface area contributed by atoms with Crippen LogP contribution in [0.5, 0.6) is 11.5 Å². The van der Waals surface area contributed by atoms with Gasteiger partial charge in [-0.1, -0.05) is 6.07 Å². The largest absolute Gasteiger partial charge is 0.493 e. The number of pyridine rings is 1. The average Bonchev–Trinajstić information content (AvgIpc) is 2.76. The van der Waals surface area contributed by atoms with E-state index in [-0.39, 0.29) is 5.56 Å². The molecule has 0 saturated heterocycles. The van der Waals surface area contributed by atoms with Gasteiger partial charge >= 0.3 is 0 Å². The molecule has 1 N–H and O–H groups in total. The summed E-state index contributed by atoms with van der Waals surface area (Å²) in [6.07, 6.45) is 4.13. The minimum absolute atomic E-state index is 0.0733. The lowest BCUT2D eigenvalue weighted by Gasteiger charge is -2.28. The summed E-state index contributed by atoms with van der Waals surface area (Å²) in [5.41, 5.74) is 3.53. The predicted octanol–water partition coefficient (Wildman–Crippen LogP) is 2.80. The second-order valence-corrected chi connectivity index (χ2v) is 6.95. The average molecular weight is 392 g/mol. The zero-order valence-electron chi connectivity index (χ0n) is 16.6. The van der Waals surface area contributed by atoms with Crippen LogP contribution in [0.25, 0.3) is 11.4 Å². The third kappa shape index (κ3) is 4.14. The van der Waals surface area contributed by atoms with Crippen LogP contribution in [0, 0.1) is 0 Å². The van der Waals surface area contributed by atoms with Gasteiger partial charge in [0.05, 0.1) is 25.0 Å². The van der Waals surface area contributed by atoms with Gasteiger partial charge in [-0.3, -0.25) is 14.7 Å². The van der Waals surface area contributed by atoms with Gasteiger partial charge in [-0.2, -0.15) is 0 Å². The first kappa shape index (κ1) is 19.1. The van der Waals surface area contributed by atoms with Crippen molar-refractivity contribution in [2.75, 3.05) is 20.3 Å². The lowest BCUT2D eigenvalue weighted by molar-refractivity contribution is 0.241. The molecule has 0 unspecified atom stereocenters. The Morgan fingerprint density at radius 1 is 1.17 bits per heavy atom. The minimum Gasteiger partial charge on any atom is -0.493 e. The van der Waals surface area contributed by atoms with E-state index < -0.39 is 0 Å². The van der Waals surface area contributed by atoms with Gasteiger partial charge in [-0.25, -0.2) is 4.98 Å². The van der Waals surface area contributed by atoms with E-state index in [2.05, 4.69) is 14.9 Å². The zero-order valence-corrected chi connectivity index (χ0v) is 16.6. The highest BCUT2D eigenvalue weighted by Crippen LogP contribution is 2.29. The Kier molecular flexibility index (Phi) is 5.57. The SMILES string of the molecule is CCOc1ccc(CN2CCc3nc(-c4ccncc4)[nH]c(=O)c3C2)cc1OC. The first-order valence-corrected chi connectivity index (χ1v) is 9.72. The summed E-state index contributed by atoms with van der Waals surface area (Å²) in [4.78, 5) is 26.6. The summed E-state index contributed by atoms with van der Waals surface area (Å²) in [5, 5.41) is 0. The zero-order chi connectivity index (χ0) is 20.2. The van der Waals surface area contributed by atoms with Crippen molar-refractivity contribution in [3.8, 4) is 22.9 Å². The lowest BCUT2D eigenvalue weighted by Crippen LogP contribution is -2.35. The Bertz CT molecular complexity index is 1050. The van der Waals surface area contributed by atoms with Crippen molar-refractivity contribution in [2.45, 2.75) is 26.4 Å². The maximum Gasteiger partial charge on any atom is 0.255 e. The van der Waals surface area contributed by atoms with Gasteiger partial charge in [0, 0.05) is 44.0 Å². The maximum absolute atomic E-state index is 12.7. The third-order valence-corrected chi connectivity index (χ3v) is 5.04. The molecule has 2 aromatic heterocycles. The van der Waals surface area contributed by atoms with Crippen molar-refractivity contribution in [2.24, 2.45) is 0 Å². The molecule has 29 heavy (non-hydrogen) atoms. The van der Waals surface area contributed by atoms with Crippen LogP contribution in [-0.4, -0.2) is 40.1 Å². The summed E-state index contributed by atoms with van der Waals surface area (Å²) in [6.45, 7) is 4.69. The van der Waals surface area contributed by atoms with Crippen LogP contribution in [0.1, 0.15) is 23.7 Å². The number of ether oxygens (including phenoxy) is 2. The van der Waals surface area contributed by atoms with Crippen molar-refractivity contribution in [3.63, 3.8) is 0 Å². The highest BCUT2D eigenvalue weighted by molar-refractivity contribution is 5.54. The standard InChI is InChI=1S/C22H24N4O3/c1-3-29-19-5-4-15(12-20(19)28-2)13-26-11-8-18-17(14-26)22(27)25-21(24-18)16-6-9-23-10-7-16/h4-7,9-10,12H,3,8,11,13-14H2,1-2H3,(H,24,25,27). The van der Waals surface area contributed by atoms with E-state index in [0.717, 1.165) is 53.4 Å². The van der Waals surface area contributed by atoms with Crippen LogP contribution in [0.15, 0.2) is 47.5 Å². The van der Waals surface area contributed by atoms with Crippen LogP contribution in [0.4, 0.5) is 0 Å². The number of rotatable bonds is 6. The van der Waals surface area contributed by atoms with Crippen molar-refractivity contribution in [1.82, 2.24) is 19.9 Å². The van der Waals surface area contributed by atoms with Crippen LogP contribution in [0.3, 0.4) is 0 Å². The smallest absolute Gasteiger partial charge is 0.255 e. The van der Waals surface area contributed by atoms with Gasteiger partial charge in [0.15, 0.2) is 11.5 Å². The molecule has 0 amide bonds. The van der Waals surface area contributed by atoms with Crippen LogP contribution >= 0.6 is 0 Å². The molecule has 0 bridgehead atoms. The number of nitrogens with zero attached hydrogens (tertiary/aromatic N) is 3. The van der Waals surface area contributed by atoms with Crippen LogP contribution in [0.2, 0.25) is 0 Å². The molecule has 3 aromatic rings. The highest BCUT2D eigenvalue weighted by atomic mass is 16.5. The van der Waals surface area contributed by atoms with E-state index in [1.807, 2.05) is 37.3 Å². The fourth-order valence-electron chi connectivity index (χ4n) is 3.61. The van der Waals surface area contributed by atoms with E-state index in [9.17, 15) is 4.79 Å². The number of benzene rings is 1. The Morgan fingerprint density at radius 3 is 2.76 bits per heavy atom. The predicted molar refractivity (Wildman–Crippen MR) is 110 cm³/mol. The highest BCUT2D eigenvalue weighted by Gasteiger charge is 2.22. The lowest BCUT2D eigenvalue weighted by atomic mass is 10.1. The van der Waals surface area contributed by atoms with Gasteiger partial charge in [0.25, 0.3) is 5.56 Å². The Morgan fingerprint density at radius 2 is 2.00 bits per heavy atom. The molecule has 1 aliphatic rings. The molecule has 4 rings (SSSR count). The first-order valence-electron chi connectivity index (χ1n) is 9.72. The molecule has 7 heteroatoms. The molecule has 1 aliphatic heterocycles. The normalized spacial score (nSPS) is 13.7. The van der Waals surface area contributed by atoms with Gasteiger partial charge < -0.3 is 14.5 Å². The van der Waals surface area contributed by atoms with E-state index in [1.165, 1.54) is 0 Å². The van der Waals surface area contributed by atoms with Crippen LogP contribution < -0.4 is 15.0 Å². The van der Waals surface area contributed by atoms with E-state index >= 15 is 0 Å². The summed E-state index contributed by atoms with van der Waals surface area (Å²) >= 11 is 0. The fourth-order valence-corrected chi connectivity index (χ4v) is 3.61. The van der Waals surface area contributed by atoms with Crippen molar-refractivity contribution < 1.29 is 9.47 Å². The quantitative estimate of drug-likeness (QED) is 0.695. The molecule has 150 valence electrons. The Hall–Kier alpha value is -3.19. The number of H-pyrrole nitrogens is 1. The van der Waals surface area contributed by atoms with E-state index in [0.29, 0.717) is 19.0 Å². The van der Waals surface area contributed by atoms with E-state index in [4.69, 9.17) is 14.5 Å². The van der Waals surface area contributed by atoms with Gasteiger partial charge in [0.2, 0.25) is 0 Å². The first-order chi connectivity index (χ1) is 14.2. The number of nitrogens with one attached hydrogen (secondary N) is 1. The molecular formula is C22H24N4O3. The number of methoxy groups -OCH3 is 1. The number of hydrogen-bond acceptors (Lipinski definition) is 6. The number of aromatic amines is 1. The van der Waals surface area contributed by atoms with Gasteiger partial charge in [-0.15, -0.1) is 0 Å². The number of fused-ring (bicyclic) bond motifs is 1. The minimum atomic E-state index is -0.0733. The molecule has 7 nitrogen and oxygen atoms in total. The molecule has 0 radical (unpaired) electrons. The van der Waals surface area contributed by atoms with Crippen LogP contribution in [-0.2, 0) is 19.5 Å². The van der Waals surface area contributed by atoms with Crippen molar-refractivity contribution >= 4 is 0 Å². The maximum atomic E-state index is 12.7. The Balaban J connectivity index is 1.53. The number of hydrogen-bond donors (Lipinski definition) is 1. The second-order valence-electron chi connectivity index (χ2n) is 6.95. The fraction of sp³-hybridized carbons (Fsp3) is 0.318. The molecular weight excluding hydrogens is 368 g/mol. The summed E-state index contributed by atoms with van der Waals surface area (Å²) in [6, 6.07) is 9.66. The van der Waals surface area contributed by atoms with Gasteiger partial charge in [-0.05, 0) is 36.8 Å². The van der Waals surface area contributed by atoms with Crippen molar-refractivity contribution in [1.29, 1.82) is 0 Å². The molecule has 1 aromatic carbocycles. The third-order valence-electron chi connectivity index (χ3n) is 5.04. The molecule has 0 spiro atoms. The molecule has 0 saturated carbocycles. The second kappa shape index (κ2) is 8.45. The molecule has 0 atom stereocenters. The van der Waals surface area contributed by atoms with E-state index in [1.54, 1.807) is 19.5 Å². The topological polar surface area (TPSA) is 80.3 Å². The summed E-state index contributed by atoms with van der Waals surface area (Å²) < 4.78 is 11.0. The summed E-state index contributed by atoms with van der Waals surface area (Å²) in [7, 11) is 1.64. The monoisotopic (exact) mass is 392 g/mol. The molecule has 3 heterocycles. The Labute approximate surface area is 169 Å². The van der Waals surface area contributed by atoms with Gasteiger partial charge in [0.1, 0.15) is 5.82 Å². The van der Waals surface area contributed by atoms with Crippen molar-refractivity contribution in [3.05, 3.63) is 69.9 Å². The number of aromatic nitrogens is 3. The summed E-state index contributed by atoms with van der Waals surface area (Å²) in [5.74, 6) is 2.07. The molecule has 0 fully saturated rings. The molecule has 0 aliphatic carbocycles.